The zero-order chi connectivity index (χ0) is 25.9. The zero-order valence-corrected chi connectivity index (χ0v) is 21.8. The predicted molar refractivity (Wildman–Crippen MR) is 134 cm³/mol. The van der Waals surface area contributed by atoms with Gasteiger partial charge >= 0.3 is 0 Å². The van der Waals surface area contributed by atoms with Gasteiger partial charge in [0.2, 0.25) is 0 Å². The van der Waals surface area contributed by atoms with Gasteiger partial charge in [-0.2, -0.15) is 0 Å². The van der Waals surface area contributed by atoms with Crippen LogP contribution in [0.25, 0.3) is 5.76 Å². The minimum absolute atomic E-state index is 0.0261. The fourth-order valence-corrected chi connectivity index (χ4v) is 4.26. The number of ether oxygens (including phenoxy) is 2. The van der Waals surface area contributed by atoms with Crippen LogP contribution < -0.4 is 4.74 Å². The molecule has 1 atom stereocenters. The molecule has 2 aromatic rings. The Kier molecular flexibility index (Phi) is 8.11. The van der Waals surface area contributed by atoms with E-state index in [1.54, 1.807) is 31.2 Å². The van der Waals surface area contributed by atoms with Gasteiger partial charge in [0.05, 0.1) is 18.3 Å². The van der Waals surface area contributed by atoms with Gasteiger partial charge in [-0.3, -0.25) is 9.59 Å². The number of aliphatic hydroxyl groups excluding tert-OH is 1. The number of rotatable bonds is 9. The SMILES string of the molecule is CCOc1ccc(/C(O)=C2/C(=O)C(=O)N(CCCOC(C)C)C2c2ccc(C)o2)cc1C(C)(C)C. The van der Waals surface area contributed by atoms with E-state index >= 15 is 0 Å². The van der Waals surface area contributed by atoms with Crippen LogP contribution in [0.4, 0.5) is 0 Å². The van der Waals surface area contributed by atoms with Crippen molar-refractivity contribution in [1.82, 2.24) is 4.90 Å². The monoisotopic (exact) mass is 483 g/mol. The molecule has 0 spiro atoms. The third-order valence-corrected chi connectivity index (χ3v) is 5.93. The topological polar surface area (TPSA) is 89.2 Å². The normalized spacial score (nSPS) is 18.1. The Balaban J connectivity index is 2.08. The molecule has 1 unspecified atom stereocenters. The number of benzene rings is 1. The van der Waals surface area contributed by atoms with Crippen LogP contribution >= 0.6 is 0 Å². The summed E-state index contributed by atoms with van der Waals surface area (Å²) in [6.07, 6.45) is 0.629. The molecule has 1 N–H and O–H groups in total. The number of carbonyl (C=O) groups is 2. The number of hydrogen-bond donors (Lipinski definition) is 1. The highest BCUT2D eigenvalue weighted by atomic mass is 16.5. The summed E-state index contributed by atoms with van der Waals surface area (Å²) >= 11 is 0. The van der Waals surface area contributed by atoms with Gasteiger partial charge in [-0.1, -0.05) is 20.8 Å². The lowest BCUT2D eigenvalue weighted by molar-refractivity contribution is -0.140. The van der Waals surface area contributed by atoms with Gasteiger partial charge in [0.25, 0.3) is 11.7 Å². The molecular formula is C28H37NO6. The van der Waals surface area contributed by atoms with Crippen molar-refractivity contribution < 1.29 is 28.6 Å². The molecule has 1 saturated heterocycles. The van der Waals surface area contributed by atoms with Crippen LogP contribution in [0.2, 0.25) is 0 Å². The standard InChI is InChI=1S/C28H37NO6/c1-8-33-21-13-11-19(16-20(21)28(5,6)7)25(30)23-24(22-12-10-18(4)35-22)29(27(32)26(23)31)14-9-15-34-17(2)3/h10-13,16-17,24,30H,8-9,14-15H2,1-7H3/b25-23-. The summed E-state index contributed by atoms with van der Waals surface area (Å²) in [7, 11) is 0. The van der Waals surface area contributed by atoms with Gasteiger partial charge in [0.15, 0.2) is 0 Å². The number of hydrogen-bond acceptors (Lipinski definition) is 6. The van der Waals surface area contributed by atoms with Crippen molar-refractivity contribution in [2.75, 3.05) is 19.8 Å². The number of amides is 1. The van der Waals surface area contributed by atoms with E-state index in [9.17, 15) is 14.7 Å². The first-order valence-electron chi connectivity index (χ1n) is 12.2. The number of aliphatic hydroxyl groups is 1. The molecule has 7 heteroatoms. The lowest BCUT2D eigenvalue weighted by Gasteiger charge is -2.25. The Morgan fingerprint density at radius 3 is 2.46 bits per heavy atom. The van der Waals surface area contributed by atoms with Gasteiger partial charge in [-0.25, -0.2) is 0 Å². The Morgan fingerprint density at radius 2 is 1.89 bits per heavy atom. The first-order chi connectivity index (χ1) is 16.5. The van der Waals surface area contributed by atoms with Gasteiger partial charge in [0, 0.05) is 24.3 Å². The lowest BCUT2D eigenvalue weighted by atomic mass is 9.84. The van der Waals surface area contributed by atoms with Gasteiger partial charge in [-0.05, 0) is 69.9 Å². The van der Waals surface area contributed by atoms with E-state index in [0.29, 0.717) is 43.3 Å². The molecule has 1 aromatic carbocycles. The highest BCUT2D eigenvalue weighted by molar-refractivity contribution is 6.46. The summed E-state index contributed by atoms with van der Waals surface area (Å²) in [6.45, 7) is 15.0. The van der Waals surface area contributed by atoms with Gasteiger partial charge < -0.3 is 23.9 Å². The Labute approximate surface area is 207 Å². The lowest BCUT2D eigenvalue weighted by Crippen LogP contribution is -2.31. The van der Waals surface area contributed by atoms with Gasteiger partial charge in [-0.15, -0.1) is 0 Å². The zero-order valence-electron chi connectivity index (χ0n) is 21.8. The molecule has 0 bridgehead atoms. The van der Waals surface area contributed by atoms with Crippen molar-refractivity contribution >= 4 is 17.4 Å². The predicted octanol–water partition coefficient (Wildman–Crippen LogP) is 5.52. The van der Waals surface area contributed by atoms with Crippen LogP contribution in [0.3, 0.4) is 0 Å². The van der Waals surface area contributed by atoms with Crippen molar-refractivity contribution in [3.05, 3.63) is 58.6 Å². The van der Waals surface area contributed by atoms with E-state index in [4.69, 9.17) is 13.9 Å². The van der Waals surface area contributed by atoms with Crippen LogP contribution in [0.15, 0.2) is 40.3 Å². The summed E-state index contributed by atoms with van der Waals surface area (Å²) in [5.74, 6) is 0.215. The Bertz CT molecular complexity index is 1100. The minimum atomic E-state index is -0.813. The average Bonchev–Trinajstić information content (AvgIpc) is 3.31. The van der Waals surface area contributed by atoms with Crippen LogP contribution in [-0.4, -0.2) is 47.6 Å². The molecule has 1 aliphatic rings. The summed E-state index contributed by atoms with van der Waals surface area (Å²) in [4.78, 5) is 27.7. The maximum Gasteiger partial charge on any atom is 0.295 e. The van der Waals surface area contributed by atoms with E-state index in [-0.39, 0.29) is 22.9 Å². The quantitative estimate of drug-likeness (QED) is 0.219. The fourth-order valence-electron chi connectivity index (χ4n) is 4.26. The molecule has 1 aromatic heterocycles. The van der Waals surface area contributed by atoms with Crippen LogP contribution in [0.5, 0.6) is 5.75 Å². The number of ketones is 1. The highest BCUT2D eigenvalue weighted by Gasteiger charge is 2.47. The van der Waals surface area contributed by atoms with E-state index in [0.717, 1.165) is 11.3 Å². The van der Waals surface area contributed by atoms with E-state index < -0.39 is 17.7 Å². The first-order valence-corrected chi connectivity index (χ1v) is 12.2. The third kappa shape index (κ3) is 5.78. The highest BCUT2D eigenvalue weighted by Crippen LogP contribution is 2.41. The van der Waals surface area contributed by atoms with Crippen LogP contribution in [-0.2, 0) is 19.7 Å². The van der Waals surface area contributed by atoms with Crippen molar-refractivity contribution in [2.24, 2.45) is 0 Å². The van der Waals surface area contributed by atoms with Crippen molar-refractivity contribution in [3.63, 3.8) is 0 Å². The molecule has 7 nitrogen and oxygen atoms in total. The van der Waals surface area contributed by atoms with Crippen LogP contribution in [0, 0.1) is 6.92 Å². The van der Waals surface area contributed by atoms with Crippen LogP contribution in [0.1, 0.15) is 76.7 Å². The largest absolute Gasteiger partial charge is 0.507 e. The fraction of sp³-hybridized carbons (Fsp3) is 0.500. The molecule has 1 amide bonds. The Morgan fingerprint density at radius 1 is 1.17 bits per heavy atom. The minimum Gasteiger partial charge on any atom is -0.507 e. The molecule has 190 valence electrons. The maximum absolute atomic E-state index is 13.2. The summed E-state index contributed by atoms with van der Waals surface area (Å²) in [6, 6.07) is 8.05. The molecule has 1 fully saturated rings. The second kappa shape index (κ2) is 10.7. The molecule has 2 heterocycles. The van der Waals surface area contributed by atoms with E-state index in [1.807, 2.05) is 26.8 Å². The van der Waals surface area contributed by atoms with E-state index in [1.165, 1.54) is 4.90 Å². The summed E-state index contributed by atoms with van der Waals surface area (Å²) < 4.78 is 17.2. The van der Waals surface area contributed by atoms with Crippen molar-refractivity contribution in [2.45, 2.75) is 72.4 Å². The van der Waals surface area contributed by atoms with Gasteiger partial charge in [0.1, 0.15) is 29.1 Å². The number of furan rings is 1. The summed E-state index contributed by atoms with van der Waals surface area (Å²) in [5.41, 5.74) is 1.11. The van der Waals surface area contributed by atoms with Crippen molar-refractivity contribution in [1.29, 1.82) is 0 Å². The maximum atomic E-state index is 13.2. The third-order valence-electron chi connectivity index (χ3n) is 5.93. The number of carbonyl (C=O) groups excluding carboxylic acids is 2. The van der Waals surface area contributed by atoms with Crippen molar-refractivity contribution in [3.8, 4) is 5.75 Å². The van der Waals surface area contributed by atoms with E-state index in [2.05, 4.69) is 20.8 Å². The summed E-state index contributed by atoms with van der Waals surface area (Å²) in [5, 5.41) is 11.4. The first kappa shape index (κ1) is 26.5. The molecule has 35 heavy (non-hydrogen) atoms. The number of nitrogens with zero attached hydrogens (tertiary/aromatic N) is 1. The molecule has 0 saturated carbocycles. The second-order valence-corrected chi connectivity index (χ2v) is 10.1. The second-order valence-electron chi connectivity index (χ2n) is 10.1. The number of aryl methyl sites for hydroxylation is 1. The molecule has 1 aliphatic heterocycles. The average molecular weight is 484 g/mol. The molecule has 3 rings (SSSR count). The molecular weight excluding hydrogens is 446 g/mol. The smallest absolute Gasteiger partial charge is 0.295 e. The Hall–Kier alpha value is -3.06. The molecule has 0 radical (unpaired) electrons. The molecule has 0 aliphatic carbocycles. The number of Topliss-reactive ketones (excluding diaryl/α,β-unsaturated/α-hetero) is 1. The number of likely N-dealkylation sites (tertiary alicyclic amines) is 1.